The Kier molecular flexibility index (Phi) is 5.52. The molecule has 1 unspecified atom stereocenters. The van der Waals surface area contributed by atoms with E-state index in [2.05, 4.69) is 24.1 Å². The van der Waals surface area contributed by atoms with E-state index in [9.17, 15) is 4.21 Å². The predicted molar refractivity (Wildman–Crippen MR) is 88.9 cm³/mol. The van der Waals surface area contributed by atoms with Gasteiger partial charge in [-0.3, -0.25) is 0 Å². The van der Waals surface area contributed by atoms with Crippen molar-refractivity contribution in [1.82, 2.24) is 10.3 Å². The zero-order valence-electron chi connectivity index (χ0n) is 10.9. The molecule has 0 bridgehead atoms. The van der Waals surface area contributed by atoms with Crippen molar-refractivity contribution in [3.63, 3.8) is 0 Å². The Morgan fingerprint density at radius 1 is 1.48 bits per heavy atom. The summed E-state index contributed by atoms with van der Waals surface area (Å²) < 4.78 is 18.3. The Hall–Kier alpha value is -1.66. The molecule has 0 amide bonds. The van der Waals surface area contributed by atoms with Crippen LogP contribution in [-0.4, -0.2) is 39.1 Å². The minimum Gasteiger partial charge on any atom is -0.380 e. The van der Waals surface area contributed by atoms with Crippen LogP contribution in [0.1, 0.15) is 4.88 Å². The normalized spacial score (nSPS) is 17.2. The van der Waals surface area contributed by atoms with Gasteiger partial charge in [-0.1, -0.05) is 11.3 Å². The Bertz CT molecular complexity index is 618. The van der Waals surface area contributed by atoms with Gasteiger partial charge in [-0.25, -0.2) is 9.19 Å². The highest BCUT2D eigenvalue weighted by Gasteiger charge is 2.14. The van der Waals surface area contributed by atoms with Crippen LogP contribution in [0.2, 0.25) is 0 Å². The molecular formula is C9H14N8OS3. The molecule has 0 saturated heterocycles. The summed E-state index contributed by atoms with van der Waals surface area (Å²) in [6.45, 7) is 0.649. The fourth-order valence-corrected chi connectivity index (χ4v) is 3.69. The van der Waals surface area contributed by atoms with Gasteiger partial charge in [0.1, 0.15) is 0 Å². The molecule has 0 radical (unpaired) electrons. The molecule has 7 N–H and O–H groups in total. The van der Waals surface area contributed by atoms with E-state index < -0.39 is 11.2 Å². The van der Waals surface area contributed by atoms with E-state index >= 15 is 0 Å². The van der Waals surface area contributed by atoms with E-state index in [0.717, 1.165) is 16.4 Å². The molecule has 1 aliphatic heterocycles. The summed E-state index contributed by atoms with van der Waals surface area (Å²) in [5, 5.41) is 3.54. The van der Waals surface area contributed by atoms with Crippen molar-refractivity contribution in [2.24, 2.45) is 31.0 Å². The van der Waals surface area contributed by atoms with Gasteiger partial charge in [0.2, 0.25) is 5.13 Å². The van der Waals surface area contributed by atoms with Crippen LogP contribution in [0.3, 0.4) is 0 Å². The van der Waals surface area contributed by atoms with E-state index in [4.69, 9.17) is 17.2 Å². The third kappa shape index (κ3) is 4.99. The van der Waals surface area contributed by atoms with E-state index in [-0.39, 0.29) is 11.8 Å². The molecule has 0 saturated carbocycles. The van der Waals surface area contributed by atoms with Crippen LogP contribution >= 0.6 is 23.1 Å². The summed E-state index contributed by atoms with van der Waals surface area (Å²) in [5.74, 6) is 2.21. The first-order valence-electron chi connectivity index (χ1n) is 5.76. The van der Waals surface area contributed by atoms with E-state index in [1.807, 2.05) is 0 Å². The first-order chi connectivity index (χ1) is 10.0. The Labute approximate surface area is 131 Å². The number of rotatable bonds is 6. The number of amidine groups is 2. The van der Waals surface area contributed by atoms with Crippen molar-refractivity contribution in [2.45, 2.75) is 5.75 Å². The summed E-state index contributed by atoms with van der Waals surface area (Å²) in [6.07, 6.45) is 1.75. The molecular weight excluding hydrogens is 332 g/mol. The highest BCUT2D eigenvalue weighted by atomic mass is 32.2. The van der Waals surface area contributed by atoms with Gasteiger partial charge >= 0.3 is 0 Å². The van der Waals surface area contributed by atoms with Gasteiger partial charge in [0.05, 0.1) is 0 Å². The van der Waals surface area contributed by atoms with Crippen molar-refractivity contribution < 1.29 is 4.21 Å². The second-order valence-corrected chi connectivity index (χ2v) is 6.80. The van der Waals surface area contributed by atoms with Crippen LogP contribution in [0.4, 0.5) is 5.13 Å². The molecule has 12 heteroatoms. The van der Waals surface area contributed by atoms with Crippen LogP contribution in [-0.2, 0) is 16.9 Å². The second kappa shape index (κ2) is 7.38. The number of aromatic nitrogens is 1. The molecule has 114 valence electrons. The molecule has 1 atom stereocenters. The topological polar surface area (TPSA) is 157 Å². The summed E-state index contributed by atoms with van der Waals surface area (Å²) in [4.78, 5) is 9.06. The second-order valence-electron chi connectivity index (χ2n) is 3.77. The van der Waals surface area contributed by atoms with E-state index in [1.165, 1.54) is 11.3 Å². The van der Waals surface area contributed by atoms with Gasteiger partial charge in [0, 0.05) is 29.1 Å². The lowest BCUT2D eigenvalue weighted by atomic mass is 10.5. The number of nitrogens with zero attached hydrogens (tertiary/aromatic N) is 4. The van der Waals surface area contributed by atoms with Crippen molar-refractivity contribution in [3.8, 4) is 0 Å². The number of nitrogens with two attached hydrogens (primary N) is 3. The molecule has 2 heterocycles. The number of thioether (sulfide) groups is 1. The Morgan fingerprint density at radius 3 is 2.95 bits per heavy atom. The highest BCUT2D eigenvalue weighted by molar-refractivity contribution is 7.98. The predicted octanol–water partition coefficient (Wildman–Crippen LogP) is -0.781. The maximum Gasteiger partial charge on any atom is 0.269 e. The van der Waals surface area contributed by atoms with Gasteiger partial charge in [-0.05, 0) is 0 Å². The van der Waals surface area contributed by atoms with Crippen LogP contribution in [0.15, 0.2) is 20.0 Å². The first kappa shape index (κ1) is 15.7. The van der Waals surface area contributed by atoms with Crippen molar-refractivity contribution >= 4 is 57.0 Å². The zero-order chi connectivity index (χ0) is 15.2. The lowest BCUT2D eigenvalue weighted by Gasteiger charge is -2.04. The number of aliphatic imine (C=N–C) groups is 1. The van der Waals surface area contributed by atoms with Crippen molar-refractivity contribution in [1.29, 1.82) is 0 Å². The molecule has 9 nitrogen and oxygen atoms in total. The fourth-order valence-electron chi connectivity index (χ4n) is 1.34. The van der Waals surface area contributed by atoms with Crippen LogP contribution < -0.4 is 22.5 Å². The minimum absolute atomic E-state index is 0.00160. The molecule has 0 fully saturated rings. The summed E-state index contributed by atoms with van der Waals surface area (Å²) in [6, 6.07) is 0. The summed E-state index contributed by atoms with van der Waals surface area (Å²) in [7, 11) is 0. The number of guanidine groups is 1. The summed E-state index contributed by atoms with van der Waals surface area (Å²) >= 11 is 1.57. The monoisotopic (exact) mass is 346 g/mol. The van der Waals surface area contributed by atoms with E-state index in [1.54, 1.807) is 18.0 Å². The molecule has 1 aromatic rings. The quantitative estimate of drug-likeness (QED) is 0.299. The molecule has 0 spiro atoms. The smallest absolute Gasteiger partial charge is 0.269 e. The van der Waals surface area contributed by atoms with Gasteiger partial charge in [0.15, 0.2) is 17.6 Å². The number of nitrogens with one attached hydrogen (secondary N) is 1. The maximum absolute atomic E-state index is 11.0. The molecule has 0 aromatic carbocycles. The van der Waals surface area contributed by atoms with Gasteiger partial charge in [0.25, 0.3) is 11.2 Å². The number of hydrogen-bond donors (Lipinski definition) is 4. The van der Waals surface area contributed by atoms with Crippen LogP contribution in [0, 0.1) is 0 Å². The standard InChI is InChI=1S/C9H14N8OS3/c10-6-7(17-21(18)16-6)13-1-2-19-4-5-3-14-9(20-5)15-8(11)12/h3H,1-2,4H2,(H2,10,16)(H,13,17)(H4,11,12,14,15). The molecule has 2 rings (SSSR count). The minimum atomic E-state index is -1.58. The Morgan fingerprint density at radius 2 is 2.29 bits per heavy atom. The van der Waals surface area contributed by atoms with Crippen molar-refractivity contribution in [3.05, 3.63) is 11.1 Å². The van der Waals surface area contributed by atoms with E-state index in [0.29, 0.717) is 17.5 Å². The number of thiazole rings is 1. The highest BCUT2D eigenvalue weighted by Crippen LogP contribution is 2.24. The lowest BCUT2D eigenvalue weighted by Crippen LogP contribution is -2.35. The first-order valence-corrected chi connectivity index (χ1v) is 8.79. The van der Waals surface area contributed by atoms with Crippen LogP contribution in [0.5, 0.6) is 0 Å². The van der Waals surface area contributed by atoms with Crippen molar-refractivity contribution in [2.75, 3.05) is 12.3 Å². The Balaban J connectivity index is 1.67. The average Bonchev–Trinajstić information content (AvgIpc) is 2.95. The molecule has 21 heavy (non-hydrogen) atoms. The fraction of sp³-hybridized carbons (Fsp3) is 0.333. The third-order valence-electron chi connectivity index (χ3n) is 2.14. The van der Waals surface area contributed by atoms with Crippen LogP contribution in [0.25, 0.3) is 0 Å². The molecule has 1 aromatic heterocycles. The zero-order valence-corrected chi connectivity index (χ0v) is 13.3. The molecule has 1 aliphatic rings. The van der Waals surface area contributed by atoms with Gasteiger partial charge in [-0.15, -0.1) is 8.80 Å². The SMILES string of the molecule is NC(N)=Nc1ncc(CSCCNC2=NS(=O)N=C2N)s1. The maximum atomic E-state index is 11.0. The van der Waals surface area contributed by atoms with Gasteiger partial charge in [-0.2, -0.15) is 16.8 Å². The number of hydrogen-bond acceptors (Lipinski definition) is 7. The summed E-state index contributed by atoms with van der Waals surface area (Å²) in [5.41, 5.74) is 16.1. The molecule has 0 aliphatic carbocycles. The average molecular weight is 346 g/mol. The third-order valence-corrected chi connectivity index (χ3v) is 4.91. The largest absolute Gasteiger partial charge is 0.380 e. The van der Waals surface area contributed by atoms with Gasteiger partial charge < -0.3 is 22.5 Å². The lowest BCUT2D eigenvalue weighted by molar-refractivity contribution is 0.686.